The average molecular weight is 429 g/mol. The summed E-state index contributed by atoms with van der Waals surface area (Å²) >= 11 is 5.30. The van der Waals surface area contributed by atoms with Crippen molar-refractivity contribution in [2.75, 3.05) is 46.5 Å². The molecular weight excluding hydrogens is 400 g/mol. The highest BCUT2D eigenvalue weighted by atomic mass is 32.1. The van der Waals surface area contributed by atoms with Crippen molar-refractivity contribution in [1.29, 1.82) is 0 Å². The van der Waals surface area contributed by atoms with Crippen LogP contribution in [0.15, 0.2) is 53.6 Å². The number of morpholine rings is 1. The number of ether oxygens (including phenoxy) is 3. The van der Waals surface area contributed by atoms with Crippen molar-refractivity contribution < 1.29 is 14.2 Å². The third-order valence-electron chi connectivity index (χ3n) is 4.64. The third kappa shape index (κ3) is 6.98. The van der Waals surface area contributed by atoms with Gasteiger partial charge in [-0.15, -0.1) is 0 Å². The van der Waals surface area contributed by atoms with Gasteiger partial charge in [0.1, 0.15) is 6.61 Å². The lowest BCUT2D eigenvalue weighted by molar-refractivity contribution is 0.0389. The molecule has 30 heavy (non-hydrogen) atoms. The molecule has 0 atom stereocenters. The fraction of sp³-hybridized carbons (Fsp3) is 0.364. The highest BCUT2D eigenvalue weighted by Gasteiger charge is 2.11. The summed E-state index contributed by atoms with van der Waals surface area (Å²) in [4.78, 5) is 2.34. The Morgan fingerprint density at radius 1 is 1.17 bits per heavy atom. The van der Waals surface area contributed by atoms with E-state index in [9.17, 15) is 0 Å². The Hall–Kier alpha value is -2.68. The lowest BCUT2D eigenvalue weighted by atomic mass is 10.2. The normalized spacial score (nSPS) is 14.4. The first-order valence-corrected chi connectivity index (χ1v) is 10.4. The van der Waals surface area contributed by atoms with Gasteiger partial charge in [0.2, 0.25) is 0 Å². The van der Waals surface area contributed by atoms with E-state index >= 15 is 0 Å². The molecule has 0 spiro atoms. The Balaban J connectivity index is 1.51. The molecule has 3 rings (SSSR count). The largest absolute Gasteiger partial charge is 0.493 e. The minimum Gasteiger partial charge on any atom is -0.493 e. The summed E-state index contributed by atoms with van der Waals surface area (Å²) < 4.78 is 16.8. The third-order valence-corrected chi connectivity index (χ3v) is 4.88. The van der Waals surface area contributed by atoms with Gasteiger partial charge in [0, 0.05) is 31.7 Å². The van der Waals surface area contributed by atoms with E-state index in [1.54, 1.807) is 13.3 Å². The van der Waals surface area contributed by atoms with Gasteiger partial charge in [-0.05, 0) is 29.9 Å². The molecule has 0 saturated carbocycles. The highest BCUT2D eigenvalue weighted by molar-refractivity contribution is 7.80. The van der Waals surface area contributed by atoms with Crippen LogP contribution in [0.25, 0.3) is 0 Å². The van der Waals surface area contributed by atoms with E-state index in [0.717, 1.165) is 50.5 Å². The number of benzene rings is 2. The number of methoxy groups -OCH3 is 1. The van der Waals surface area contributed by atoms with Crippen LogP contribution < -0.4 is 20.2 Å². The zero-order valence-corrected chi connectivity index (χ0v) is 18.0. The van der Waals surface area contributed by atoms with E-state index in [2.05, 4.69) is 20.7 Å². The van der Waals surface area contributed by atoms with E-state index < -0.39 is 0 Å². The number of para-hydroxylation sites is 1. The number of hydrazone groups is 1. The van der Waals surface area contributed by atoms with Gasteiger partial charge in [0.15, 0.2) is 16.6 Å². The van der Waals surface area contributed by atoms with Gasteiger partial charge in [-0.3, -0.25) is 10.3 Å². The predicted octanol–water partition coefficient (Wildman–Crippen LogP) is 2.40. The molecule has 0 radical (unpaired) electrons. The van der Waals surface area contributed by atoms with Crippen molar-refractivity contribution in [1.82, 2.24) is 15.6 Å². The summed E-state index contributed by atoms with van der Waals surface area (Å²) in [6.07, 6.45) is 1.68. The quantitative estimate of drug-likeness (QED) is 0.361. The van der Waals surface area contributed by atoms with Gasteiger partial charge in [-0.2, -0.15) is 5.10 Å². The number of hydrogen-bond acceptors (Lipinski definition) is 6. The zero-order valence-electron chi connectivity index (χ0n) is 17.2. The SMILES string of the molecule is COc1cccc(/C=N/NC(=S)NCCN2CCOCC2)c1OCc1ccccc1. The molecule has 7 nitrogen and oxygen atoms in total. The Morgan fingerprint density at radius 3 is 2.73 bits per heavy atom. The number of hydrogen-bond donors (Lipinski definition) is 2. The van der Waals surface area contributed by atoms with Gasteiger partial charge < -0.3 is 19.5 Å². The number of nitrogens with zero attached hydrogens (tertiary/aromatic N) is 2. The van der Waals surface area contributed by atoms with Crippen molar-refractivity contribution in [3.8, 4) is 11.5 Å². The number of nitrogens with one attached hydrogen (secondary N) is 2. The summed E-state index contributed by atoms with van der Waals surface area (Å²) in [5.74, 6) is 1.29. The second-order valence-corrected chi connectivity index (χ2v) is 7.14. The lowest BCUT2D eigenvalue weighted by Gasteiger charge is -2.26. The Kier molecular flexibility index (Phi) is 8.89. The van der Waals surface area contributed by atoms with Gasteiger partial charge in [0.05, 0.1) is 26.5 Å². The Labute approximate surface area is 183 Å². The smallest absolute Gasteiger partial charge is 0.187 e. The molecule has 160 valence electrons. The Bertz CT molecular complexity index is 826. The van der Waals surface area contributed by atoms with Crippen LogP contribution in [0.5, 0.6) is 11.5 Å². The molecule has 0 unspecified atom stereocenters. The molecule has 2 N–H and O–H groups in total. The van der Waals surface area contributed by atoms with Crippen LogP contribution in [0.3, 0.4) is 0 Å². The lowest BCUT2D eigenvalue weighted by Crippen LogP contribution is -2.42. The minimum atomic E-state index is 0.441. The summed E-state index contributed by atoms with van der Waals surface area (Å²) in [5, 5.41) is 7.90. The van der Waals surface area contributed by atoms with E-state index in [0.29, 0.717) is 23.2 Å². The van der Waals surface area contributed by atoms with E-state index in [1.165, 1.54) is 0 Å². The van der Waals surface area contributed by atoms with Crippen molar-refractivity contribution in [3.63, 3.8) is 0 Å². The standard InChI is InChI=1S/C22H28N4O3S/c1-27-20-9-5-8-19(21(20)29-17-18-6-3-2-4-7-18)16-24-25-22(30)23-10-11-26-12-14-28-15-13-26/h2-9,16H,10-15,17H2,1H3,(H2,23,25,30)/b24-16+. The van der Waals surface area contributed by atoms with Crippen LogP contribution in [0.4, 0.5) is 0 Å². The molecule has 1 saturated heterocycles. The molecule has 2 aromatic rings. The van der Waals surface area contributed by atoms with Crippen LogP contribution in [0.1, 0.15) is 11.1 Å². The average Bonchev–Trinajstić information content (AvgIpc) is 2.79. The van der Waals surface area contributed by atoms with Crippen molar-refractivity contribution in [2.24, 2.45) is 5.10 Å². The van der Waals surface area contributed by atoms with Crippen LogP contribution in [0, 0.1) is 0 Å². The topological polar surface area (TPSA) is 67.4 Å². The van der Waals surface area contributed by atoms with Crippen molar-refractivity contribution in [2.45, 2.75) is 6.61 Å². The summed E-state index contributed by atoms with van der Waals surface area (Å²) in [7, 11) is 1.62. The van der Waals surface area contributed by atoms with E-state index in [-0.39, 0.29) is 0 Å². The summed E-state index contributed by atoms with van der Waals surface area (Å²) in [6.45, 7) is 5.62. The first-order valence-electron chi connectivity index (χ1n) is 9.97. The van der Waals surface area contributed by atoms with Crippen molar-refractivity contribution >= 4 is 23.5 Å². The van der Waals surface area contributed by atoms with Crippen LogP contribution in [-0.2, 0) is 11.3 Å². The second kappa shape index (κ2) is 12.1. The fourth-order valence-corrected chi connectivity index (χ4v) is 3.19. The molecule has 0 amide bonds. The monoisotopic (exact) mass is 428 g/mol. The summed E-state index contributed by atoms with van der Waals surface area (Å²) in [5.41, 5.74) is 4.74. The second-order valence-electron chi connectivity index (χ2n) is 6.73. The van der Waals surface area contributed by atoms with Crippen LogP contribution in [-0.4, -0.2) is 62.7 Å². The molecule has 0 aliphatic carbocycles. The van der Waals surface area contributed by atoms with Crippen LogP contribution in [0.2, 0.25) is 0 Å². The Morgan fingerprint density at radius 2 is 1.97 bits per heavy atom. The van der Waals surface area contributed by atoms with Crippen molar-refractivity contribution in [3.05, 3.63) is 59.7 Å². The molecule has 1 heterocycles. The minimum absolute atomic E-state index is 0.441. The number of thiocarbonyl (C=S) groups is 1. The molecular formula is C22H28N4O3S. The molecule has 1 fully saturated rings. The zero-order chi connectivity index (χ0) is 21.0. The van der Waals surface area contributed by atoms with Gasteiger partial charge in [-0.1, -0.05) is 36.4 Å². The molecule has 0 bridgehead atoms. The fourth-order valence-electron chi connectivity index (χ4n) is 3.03. The first-order chi connectivity index (χ1) is 14.8. The molecule has 1 aliphatic heterocycles. The predicted molar refractivity (Wildman–Crippen MR) is 122 cm³/mol. The van der Waals surface area contributed by atoms with Gasteiger partial charge in [-0.25, -0.2) is 0 Å². The number of rotatable bonds is 9. The maximum Gasteiger partial charge on any atom is 0.187 e. The molecule has 8 heteroatoms. The van der Waals surface area contributed by atoms with Gasteiger partial charge >= 0.3 is 0 Å². The maximum atomic E-state index is 6.03. The van der Waals surface area contributed by atoms with E-state index in [4.69, 9.17) is 26.4 Å². The van der Waals surface area contributed by atoms with Crippen LogP contribution >= 0.6 is 12.2 Å². The maximum absolute atomic E-state index is 6.03. The molecule has 0 aromatic heterocycles. The van der Waals surface area contributed by atoms with E-state index in [1.807, 2.05) is 48.5 Å². The highest BCUT2D eigenvalue weighted by Crippen LogP contribution is 2.30. The van der Waals surface area contributed by atoms with Gasteiger partial charge in [0.25, 0.3) is 0 Å². The molecule has 1 aliphatic rings. The molecule has 2 aromatic carbocycles. The first kappa shape index (κ1) is 22.0. The summed E-state index contributed by atoms with van der Waals surface area (Å²) in [6, 6.07) is 15.7.